The van der Waals surface area contributed by atoms with Crippen molar-refractivity contribution in [3.63, 3.8) is 0 Å². The Hall–Kier alpha value is -2.41. The first kappa shape index (κ1) is 17.9. The summed E-state index contributed by atoms with van der Waals surface area (Å²) in [6, 6.07) is 5.44. The zero-order valence-corrected chi connectivity index (χ0v) is 14.1. The molecule has 0 aromatic carbocycles. The molecule has 0 aliphatic rings. The first-order chi connectivity index (χ1) is 11.5. The van der Waals surface area contributed by atoms with Crippen molar-refractivity contribution in [1.29, 1.82) is 0 Å². The number of aryl methyl sites for hydroxylation is 2. The maximum Gasteiger partial charge on any atom is 0.320 e. The molecule has 0 aliphatic carbocycles. The number of aromatic nitrogens is 3. The van der Waals surface area contributed by atoms with Gasteiger partial charge in [0.15, 0.2) is 5.82 Å². The van der Waals surface area contributed by atoms with Crippen molar-refractivity contribution < 1.29 is 9.90 Å². The summed E-state index contributed by atoms with van der Waals surface area (Å²) in [5.41, 5.74) is 1.19. The Morgan fingerprint density at radius 3 is 2.75 bits per heavy atom. The molecule has 2 heterocycles. The molecule has 3 N–H and O–H groups in total. The molecule has 0 fully saturated rings. The third kappa shape index (κ3) is 6.37. The predicted molar refractivity (Wildman–Crippen MR) is 92.7 cm³/mol. The minimum Gasteiger partial charge on any atom is -0.393 e. The number of urea groups is 1. The van der Waals surface area contributed by atoms with Gasteiger partial charge in [-0.2, -0.15) is 5.10 Å². The number of anilines is 1. The van der Waals surface area contributed by atoms with Gasteiger partial charge in [-0.25, -0.2) is 4.79 Å². The first-order valence-corrected chi connectivity index (χ1v) is 8.18. The Bertz CT molecular complexity index is 627. The number of hydrogen-bond donors (Lipinski definition) is 3. The Balaban J connectivity index is 1.73. The Labute approximate surface area is 142 Å². The molecule has 2 amide bonds. The van der Waals surface area contributed by atoms with Gasteiger partial charge in [-0.1, -0.05) is 6.92 Å². The number of rotatable bonds is 8. The number of amides is 2. The van der Waals surface area contributed by atoms with Crippen molar-refractivity contribution in [3.05, 3.63) is 42.4 Å². The van der Waals surface area contributed by atoms with Crippen LogP contribution in [0, 0.1) is 5.92 Å². The number of carbonyl (C=O) groups excluding carboxylic acids is 1. The lowest BCUT2D eigenvalue weighted by Crippen LogP contribution is -2.33. The molecule has 0 radical (unpaired) electrons. The van der Waals surface area contributed by atoms with Gasteiger partial charge in [0, 0.05) is 37.7 Å². The summed E-state index contributed by atoms with van der Waals surface area (Å²) >= 11 is 0. The molecule has 7 nitrogen and oxygen atoms in total. The van der Waals surface area contributed by atoms with Gasteiger partial charge >= 0.3 is 6.03 Å². The average molecular weight is 331 g/mol. The number of hydrogen-bond acceptors (Lipinski definition) is 4. The van der Waals surface area contributed by atoms with Gasteiger partial charge in [0.2, 0.25) is 0 Å². The summed E-state index contributed by atoms with van der Waals surface area (Å²) in [4.78, 5) is 15.8. The lowest BCUT2D eigenvalue weighted by atomic mass is 10.1. The minimum absolute atomic E-state index is 0.216. The molecular weight excluding hydrogens is 306 g/mol. The highest BCUT2D eigenvalue weighted by Gasteiger charge is 2.09. The van der Waals surface area contributed by atoms with Gasteiger partial charge in [0.25, 0.3) is 0 Å². The zero-order valence-electron chi connectivity index (χ0n) is 14.1. The normalized spacial score (nSPS) is 13.3. The average Bonchev–Trinajstić information content (AvgIpc) is 2.99. The SMILES string of the molecule is CC(O)CC(C)CNC(=O)Nc1ccn(CCc2ccncc2)n1. The number of nitrogens with one attached hydrogen (secondary N) is 2. The van der Waals surface area contributed by atoms with Gasteiger partial charge < -0.3 is 10.4 Å². The van der Waals surface area contributed by atoms with Crippen LogP contribution in [0.15, 0.2) is 36.8 Å². The molecule has 2 rings (SSSR count). The molecule has 7 heteroatoms. The third-order valence-electron chi connectivity index (χ3n) is 3.62. The van der Waals surface area contributed by atoms with Gasteiger partial charge in [0.05, 0.1) is 6.10 Å². The first-order valence-electron chi connectivity index (χ1n) is 8.18. The maximum absolute atomic E-state index is 11.9. The van der Waals surface area contributed by atoms with Gasteiger partial charge in [0.1, 0.15) is 0 Å². The van der Waals surface area contributed by atoms with Crippen LogP contribution in [0.1, 0.15) is 25.8 Å². The van der Waals surface area contributed by atoms with E-state index in [1.54, 1.807) is 30.1 Å². The Morgan fingerprint density at radius 1 is 1.29 bits per heavy atom. The number of nitrogens with zero attached hydrogens (tertiary/aromatic N) is 3. The molecule has 0 saturated heterocycles. The highest BCUT2D eigenvalue weighted by atomic mass is 16.3. The minimum atomic E-state index is -0.360. The molecular formula is C17H25N5O2. The molecule has 2 aromatic rings. The van der Waals surface area contributed by atoms with Crippen molar-refractivity contribution in [2.24, 2.45) is 5.92 Å². The summed E-state index contributed by atoms with van der Waals surface area (Å²) in [7, 11) is 0. The highest BCUT2D eigenvalue weighted by molar-refractivity contribution is 5.88. The third-order valence-corrected chi connectivity index (χ3v) is 3.62. The Kier molecular flexibility index (Phi) is 6.74. The van der Waals surface area contributed by atoms with Crippen LogP contribution < -0.4 is 10.6 Å². The van der Waals surface area contributed by atoms with Crippen LogP contribution >= 0.6 is 0 Å². The summed E-state index contributed by atoms with van der Waals surface area (Å²) in [5, 5.41) is 19.1. The molecule has 0 bridgehead atoms. The highest BCUT2D eigenvalue weighted by Crippen LogP contribution is 2.06. The van der Waals surface area contributed by atoms with E-state index >= 15 is 0 Å². The topological polar surface area (TPSA) is 92.1 Å². The lowest BCUT2D eigenvalue weighted by Gasteiger charge is -2.14. The number of aliphatic hydroxyl groups is 1. The molecule has 0 saturated carbocycles. The molecule has 2 atom stereocenters. The molecule has 0 aliphatic heterocycles. The van der Waals surface area contributed by atoms with Crippen molar-refractivity contribution in [2.45, 2.75) is 39.3 Å². The van der Waals surface area contributed by atoms with Crippen LogP contribution in [0.3, 0.4) is 0 Å². The number of carbonyl (C=O) groups is 1. The van der Waals surface area contributed by atoms with Crippen molar-refractivity contribution in [1.82, 2.24) is 20.1 Å². The second-order valence-corrected chi connectivity index (χ2v) is 6.09. The number of pyridine rings is 1. The van der Waals surface area contributed by atoms with Crippen LogP contribution in [0.25, 0.3) is 0 Å². The summed E-state index contributed by atoms with van der Waals surface area (Å²) in [6.07, 6.45) is 6.53. The van der Waals surface area contributed by atoms with Crippen LogP contribution in [0.4, 0.5) is 10.6 Å². The fraction of sp³-hybridized carbons (Fsp3) is 0.471. The van der Waals surface area contributed by atoms with Crippen LogP contribution in [-0.2, 0) is 13.0 Å². The van der Waals surface area contributed by atoms with E-state index in [4.69, 9.17) is 0 Å². The van der Waals surface area contributed by atoms with Gasteiger partial charge in [-0.3, -0.25) is 15.0 Å². The quantitative estimate of drug-likeness (QED) is 0.690. The Morgan fingerprint density at radius 2 is 2.04 bits per heavy atom. The van der Waals surface area contributed by atoms with Crippen molar-refractivity contribution in [3.8, 4) is 0 Å². The smallest absolute Gasteiger partial charge is 0.320 e. The van der Waals surface area contributed by atoms with Gasteiger partial charge in [-0.05, 0) is 43.4 Å². The van der Waals surface area contributed by atoms with E-state index in [1.165, 1.54) is 5.56 Å². The summed E-state index contributed by atoms with van der Waals surface area (Å²) in [6.45, 7) is 4.98. The van der Waals surface area contributed by atoms with E-state index in [9.17, 15) is 9.90 Å². The monoisotopic (exact) mass is 331 g/mol. The fourth-order valence-corrected chi connectivity index (χ4v) is 2.44. The second kappa shape index (κ2) is 9.02. The molecule has 0 spiro atoms. The maximum atomic E-state index is 11.9. The summed E-state index contributed by atoms with van der Waals surface area (Å²) in [5.74, 6) is 0.735. The molecule has 2 aromatic heterocycles. The van der Waals surface area contributed by atoms with E-state index < -0.39 is 0 Å². The van der Waals surface area contributed by atoms with Crippen LogP contribution in [0.2, 0.25) is 0 Å². The molecule has 2 unspecified atom stereocenters. The lowest BCUT2D eigenvalue weighted by molar-refractivity contribution is 0.163. The van der Waals surface area contributed by atoms with Crippen molar-refractivity contribution in [2.75, 3.05) is 11.9 Å². The van der Waals surface area contributed by atoms with Crippen molar-refractivity contribution >= 4 is 11.8 Å². The largest absolute Gasteiger partial charge is 0.393 e. The fourth-order valence-electron chi connectivity index (χ4n) is 2.44. The van der Waals surface area contributed by atoms with Gasteiger partial charge in [-0.15, -0.1) is 0 Å². The van der Waals surface area contributed by atoms with E-state index in [0.29, 0.717) is 18.8 Å². The zero-order chi connectivity index (χ0) is 17.4. The van der Waals surface area contributed by atoms with E-state index in [0.717, 1.165) is 13.0 Å². The standard InChI is InChI=1S/C17H25N5O2/c1-13(11-14(2)23)12-19-17(24)20-16-6-10-22(21-16)9-5-15-3-7-18-8-4-15/h3-4,6-8,10,13-14,23H,5,9,11-12H2,1-2H3,(H2,19,20,21,24). The molecule has 24 heavy (non-hydrogen) atoms. The van der Waals surface area contributed by atoms with Crippen LogP contribution in [-0.4, -0.2) is 38.6 Å². The number of aliphatic hydroxyl groups excluding tert-OH is 1. The summed E-state index contributed by atoms with van der Waals surface area (Å²) < 4.78 is 1.80. The second-order valence-electron chi connectivity index (χ2n) is 6.09. The van der Waals surface area contributed by atoms with E-state index in [-0.39, 0.29) is 18.1 Å². The van der Waals surface area contributed by atoms with E-state index in [1.807, 2.05) is 25.3 Å². The molecule has 130 valence electrons. The van der Waals surface area contributed by atoms with Crippen LogP contribution in [0.5, 0.6) is 0 Å². The predicted octanol–water partition coefficient (Wildman–Crippen LogP) is 2.05. The van der Waals surface area contributed by atoms with E-state index in [2.05, 4.69) is 20.7 Å².